The molecule has 0 aliphatic heterocycles. The zero-order chi connectivity index (χ0) is 14.5. The van der Waals surface area contributed by atoms with Crippen LogP contribution in [0.15, 0.2) is 41.4 Å². The summed E-state index contributed by atoms with van der Waals surface area (Å²) in [6.45, 7) is 0. The molecule has 2 rings (SSSR count). The van der Waals surface area contributed by atoms with Crippen LogP contribution in [0.2, 0.25) is 0 Å². The second-order valence-electron chi connectivity index (χ2n) is 4.03. The Kier molecular flexibility index (Phi) is 4.42. The lowest BCUT2D eigenvalue weighted by Crippen LogP contribution is -1.96. The molecule has 102 valence electrons. The van der Waals surface area contributed by atoms with Gasteiger partial charge in [-0.2, -0.15) is 0 Å². The third-order valence-corrected chi connectivity index (χ3v) is 3.43. The van der Waals surface area contributed by atoms with Crippen LogP contribution < -0.4 is 0 Å². The molecule has 2 N–H and O–H groups in total. The molecule has 0 saturated heterocycles. The molecular formula is C15H13NO3S. The van der Waals surface area contributed by atoms with Crippen LogP contribution >= 0.6 is 11.8 Å². The van der Waals surface area contributed by atoms with Gasteiger partial charge in [-0.3, -0.25) is 4.98 Å². The molecule has 0 radical (unpaired) electrons. The van der Waals surface area contributed by atoms with Crippen molar-refractivity contribution in [1.82, 2.24) is 4.98 Å². The molecule has 0 bridgehead atoms. The zero-order valence-electron chi connectivity index (χ0n) is 10.8. The molecule has 1 aromatic heterocycles. The van der Waals surface area contributed by atoms with Crippen LogP contribution in [0.5, 0.6) is 5.75 Å². The van der Waals surface area contributed by atoms with Gasteiger partial charge in [0.2, 0.25) is 0 Å². The number of hydrogen-bond acceptors (Lipinski definition) is 4. The Morgan fingerprint density at radius 1 is 1.25 bits per heavy atom. The van der Waals surface area contributed by atoms with E-state index in [-0.39, 0.29) is 11.3 Å². The first kappa shape index (κ1) is 14.1. The van der Waals surface area contributed by atoms with Crippen molar-refractivity contribution in [1.29, 1.82) is 0 Å². The molecule has 1 aromatic carbocycles. The van der Waals surface area contributed by atoms with Crippen molar-refractivity contribution in [3.8, 4) is 5.75 Å². The van der Waals surface area contributed by atoms with Crippen molar-refractivity contribution in [2.75, 3.05) is 6.26 Å². The smallest absolute Gasteiger partial charge is 0.337 e. The maximum absolute atomic E-state index is 10.7. The third-order valence-electron chi connectivity index (χ3n) is 2.70. The number of rotatable bonds is 4. The van der Waals surface area contributed by atoms with Gasteiger partial charge in [-0.05, 0) is 48.7 Å². The molecule has 5 heteroatoms. The van der Waals surface area contributed by atoms with E-state index in [4.69, 9.17) is 5.11 Å². The molecule has 0 aliphatic carbocycles. The largest absolute Gasteiger partial charge is 0.507 e. The minimum absolute atomic E-state index is 0.148. The van der Waals surface area contributed by atoms with Gasteiger partial charge < -0.3 is 10.2 Å². The Balaban J connectivity index is 2.22. The quantitative estimate of drug-likeness (QED) is 0.844. The van der Waals surface area contributed by atoms with Crippen LogP contribution in [0.4, 0.5) is 0 Å². The van der Waals surface area contributed by atoms with Crippen LogP contribution in [0.1, 0.15) is 21.6 Å². The van der Waals surface area contributed by atoms with Gasteiger partial charge in [0.1, 0.15) is 5.75 Å². The third kappa shape index (κ3) is 3.39. The highest BCUT2D eigenvalue weighted by Crippen LogP contribution is 2.25. The molecule has 0 spiro atoms. The standard InChI is InChI=1S/C15H13NO3S/c1-20-13-6-7-14(17)10(8-13)2-4-12-5-3-11(9-16-12)15(18)19/h2-9,17H,1H3,(H,18,19). The number of carbonyl (C=O) groups is 1. The summed E-state index contributed by atoms with van der Waals surface area (Å²) in [6.07, 6.45) is 6.74. The average molecular weight is 287 g/mol. The summed E-state index contributed by atoms with van der Waals surface area (Å²) < 4.78 is 0. The van der Waals surface area contributed by atoms with Gasteiger partial charge in [-0.25, -0.2) is 4.79 Å². The van der Waals surface area contributed by atoms with Crippen molar-refractivity contribution < 1.29 is 15.0 Å². The molecule has 20 heavy (non-hydrogen) atoms. The summed E-state index contributed by atoms with van der Waals surface area (Å²) in [4.78, 5) is 15.8. The van der Waals surface area contributed by atoms with Crippen molar-refractivity contribution >= 4 is 29.9 Å². The molecule has 2 aromatic rings. The average Bonchev–Trinajstić information content (AvgIpc) is 2.47. The number of hydrogen-bond donors (Lipinski definition) is 2. The van der Waals surface area contributed by atoms with Crippen LogP contribution in [-0.2, 0) is 0 Å². The lowest BCUT2D eigenvalue weighted by atomic mass is 10.1. The monoisotopic (exact) mass is 287 g/mol. The normalized spacial score (nSPS) is 10.8. The summed E-state index contributed by atoms with van der Waals surface area (Å²) in [6, 6.07) is 8.48. The van der Waals surface area contributed by atoms with Gasteiger partial charge in [0, 0.05) is 16.7 Å². The summed E-state index contributed by atoms with van der Waals surface area (Å²) in [7, 11) is 0. The fourth-order valence-electron chi connectivity index (χ4n) is 1.60. The van der Waals surface area contributed by atoms with Crippen molar-refractivity contribution in [3.63, 3.8) is 0 Å². The van der Waals surface area contributed by atoms with E-state index in [0.29, 0.717) is 11.3 Å². The number of nitrogens with zero attached hydrogens (tertiary/aromatic N) is 1. The summed E-state index contributed by atoms with van der Waals surface area (Å²) in [5.74, 6) is -0.806. The lowest BCUT2D eigenvalue weighted by Gasteiger charge is -2.02. The Morgan fingerprint density at radius 3 is 2.65 bits per heavy atom. The number of phenolic OH excluding ortho intramolecular Hbond substituents is 1. The van der Waals surface area contributed by atoms with E-state index in [1.54, 1.807) is 36.0 Å². The summed E-state index contributed by atoms with van der Waals surface area (Å²) in [5, 5.41) is 18.6. The van der Waals surface area contributed by atoms with E-state index < -0.39 is 5.97 Å². The number of aromatic carboxylic acids is 1. The Morgan fingerprint density at radius 2 is 2.05 bits per heavy atom. The van der Waals surface area contributed by atoms with Gasteiger partial charge in [0.25, 0.3) is 0 Å². The topological polar surface area (TPSA) is 70.4 Å². The Hall–Kier alpha value is -2.27. The highest BCUT2D eigenvalue weighted by Gasteiger charge is 2.02. The number of aromatic hydroxyl groups is 1. The second-order valence-corrected chi connectivity index (χ2v) is 4.91. The predicted molar refractivity (Wildman–Crippen MR) is 80.0 cm³/mol. The molecule has 0 amide bonds. The highest BCUT2D eigenvalue weighted by molar-refractivity contribution is 7.98. The molecule has 0 saturated carbocycles. The number of pyridine rings is 1. The van der Waals surface area contributed by atoms with Crippen LogP contribution in [-0.4, -0.2) is 27.4 Å². The minimum atomic E-state index is -1.00. The van der Waals surface area contributed by atoms with Gasteiger partial charge in [0.15, 0.2) is 0 Å². The number of thioether (sulfide) groups is 1. The first-order chi connectivity index (χ1) is 9.60. The van der Waals surface area contributed by atoms with Gasteiger partial charge >= 0.3 is 5.97 Å². The number of carboxylic acid groups (broad SMARTS) is 1. The van der Waals surface area contributed by atoms with Crippen molar-refractivity contribution in [2.24, 2.45) is 0 Å². The molecule has 1 heterocycles. The Bertz CT molecular complexity index is 651. The van der Waals surface area contributed by atoms with Crippen LogP contribution in [0, 0.1) is 0 Å². The summed E-state index contributed by atoms with van der Waals surface area (Å²) in [5.41, 5.74) is 1.47. The Labute approximate surface area is 120 Å². The van der Waals surface area contributed by atoms with E-state index in [9.17, 15) is 9.90 Å². The van der Waals surface area contributed by atoms with E-state index in [0.717, 1.165) is 4.90 Å². The van der Waals surface area contributed by atoms with E-state index in [1.165, 1.54) is 12.3 Å². The van der Waals surface area contributed by atoms with Crippen molar-refractivity contribution in [3.05, 3.63) is 53.3 Å². The first-order valence-electron chi connectivity index (χ1n) is 5.84. The molecule has 0 atom stereocenters. The zero-order valence-corrected chi connectivity index (χ0v) is 11.6. The predicted octanol–water partition coefficient (Wildman–Crippen LogP) is 3.38. The number of aromatic nitrogens is 1. The second kappa shape index (κ2) is 6.25. The fraction of sp³-hybridized carbons (Fsp3) is 0.0667. The fourth-order valence-corrected chi connectivity index (χ4v) is 2.05. The van der Waals surface area contributed by atoms with E-state index in [1.807, 2.05) is 18.4 Å². The maximum Gasteiger partial charge on any atom is 0.337 e. The van der Waals surface area contributed by atoms with E-state index in [2.05, 4.69) is 4.98 Å². The van der Waals surface area contributed by atoms with Gasteiger partial charge in [-0.15, -0.1) is 11.8 Å². The summed E-state index contributed by atoms with van der Waals surface area (Å²) >= 11 is 1.59. The molecular weight excluding hydrogens is 274 g/mol. The molecule has 0 fully saturated rings. The molecule has 0 aliphatic rings. The molecule has 0 unspecified atom stereocenters. The first-order valence-corrected chi connectivity index (χ1v) is 7.07. The minimum Gasteiger partial charge on any atom is -0.507 e. The lowest BCUT2D eigenvalue weighted by molar-refractivity contribution is 0.0696. The van der Waals surface area contributed by atoms with Gasteiger partial charge in [0.05, 0.1) is 11.3 Å². The number of carboxylic acids is 1. The van der Waals surface area contributed by atoms with E-state index >= 15 is 0 Å². The van der Waals surface area contributed by atoms with Gasteiger partial charge in [-0.1, -0.05) is 0 Å². The SMILES string of the molecule is CSc1ccc(O)c(C=Cc2ccc(C(=O)O)cn2)c1. The van der Waals surface area contributed by atoms with Crippen molar-refractivity contribution in [2.45, 2.75) is 4.90 Å². The van der Waals surface area contributed by atoms with Crippen LogP contribution in [0.3, 0.4) is 0 Å². The maximum atomic E-state index is 10.7. The highest BCUT2D eigenvalue weighted by atomic mass is 32.2. The number of benzene rings is 1. The number of phenols is 1. The molecule has 4 nitrogen and oxygen atoms in total. The van der Waals surface area contributed by atoms with Crippen LogP contribution in [0.25, 0.3) is 12.2 Å².